The third kappa shape index (κ3) is 4.20. The third-order valence-corrected chi connectivity index (χ3v) is 3.97. The average Bonchev–Trinajstić information content (AvgIpc) is 3.11. The predicted octanol–water partition coefficient (Wildman–Crippen LogP) is 3.19. The Hall–Kier alpha value is -2.46. The van der Waals surface area contributed by atoms with Crippen molar-refractivity contribution in [3.05, 3.63) is 35.4 Å². The van der Waals surface area contributed by atoms with Gasteiger partial charge in [0.1, 0.15) is 5.69 Å². The number of nitrogens with one attached hydrogen (secondary N) is 1. The molecule has 1 amide bonds. The molecule has 1 saturated carbocycles. The molecule has 3 rings (SSSR count). The first-order valence-electron chi connectivity index (χ1n) is 8.02. The van der Waals surface area contributed by atoms with Gasteiger partial charge in [-0.2, -0.15) is 32.1 Å². The summed E-state index contributed by atoms with van der Waals surface area (Å²) >= 11 is 0. The average molecular weight is 377 g/mol. The standard InChI is InChI=1S/C15H16F5N5O/c16-14(17)25-7-4-10(22-25)13(26)21-5-1-6-24-11(9-2-3-9)8-12(23-24)15(18,19)20/h4,7-9,14H,1-3,5-6H2,(H,21,26). The van der Waals surface area contributed by atoms with E-state index >= 15 is 0 Å². The molecular formula is C15H16F5N5O. The summed E-state index contributed by atoms with van der Waals surface area (Å²) in [6.45, 7) is -2.46. The molecule has 1 N–H and O–H groups in total. The van der Waals surface area contributed by atoms with Gasteiger partial charge in [0.05, 0.1) is 0 Å². The van der Waals surface area contributed by atoms with Crippen molar-refractivity contribution in [2.45, 2.75) is 44.5 Å². The number of hydrogen-bond acceptors (Lipinski definition) is 3. The van der Waals surface area contributed by atoms with E-state index in [4.69, 9.17) is 0 Å². The molecule has 0 bridgehead atoms. The predicted molar refractivity (Wildman–Crippen MR) is 79.6 cm³/mol. The number of carbonyl (C=O) groups is 1. The van der Waals surface area contributed by atoms with Crippen LogP contribution in [-0.4, -0.2) is 32.0 Å². The van der Waals surface area contributed by atoms with Gasteiger partial charge in [-0.15, -0.1) is 0 Å². The van der Waals surface area contributed by atoms with Crippen LogP contribution in [0.25, 0.3) is 0 Å². The van der Waals surface area contributed by atoms with Crippen LogP contribution in [0, 0.1) is 0 Å². The van der Waals surface area contributed by atoms with Crippen molar-refractivity contribution in [3.8, 4) is 0 Å². The summed E-state index contributed by atoms with van der Waals surface area (Å²) in [5, 5.41) is 9.55. The lowest BCUT2D eigenvalue weighted by atomic mass is 10.2. The van der Waals surface area contributed by atoms with E-state index in [9.17, 15) is 26.7 Å². The second kappa shape index (κ2) is 7.04. The Morgan fingerprint density at radius 1 is 1.31 bits per heavy atom. The van der Waals surface area contributed by atoms with Gasteiger partial charge in [-0.3, -0.25) is 9.48 Å². The maximum absolute atomic E-state index is 12.8. The molecule has 2 aromatic heterocycles. The first kappa shape index (κ1) is 18.3. The Bertz CT molecular complexity index is 778. The summed E-state index contributed by atoms with van der Waals surface area (Å²) in [6.07, 6.45) is -1.48. The second-order valence-electron chi connectivity index (χ2n) is 6.02. The van der Waals surface area contributed by atoms with Gasteiger partial charge in [-0.25, -0.2) is 4.68 Å². The number of amides is 1. The minimum atomic E-state index is -4.49. The number of alkyl halides is 5. The smallest absolute Gasteiger partial charge is 0.351 e. The van der Waals surface area contributed by atoms with Gasteiger partial charge >= 0.3 is 12.7 Å². The fourth-order valence-electron chi connectivity index (χ4n) is 2.55. The van der Waals surface area contributed by atoms with Crippen LogP contribution in [0.3, 0.4) is 0 Å². The topological polar surface area (TPSA) is 64.7 Å². The molecule has 1 aliphatic rings. The van der Waals surface area contributed by atoms with Gasteiger partial charge in [-0.1, -0.05) is 0 Å². The summed E-state index contributed by atoms with van der Waals surface area (Å²) in [4.78, 5) is 11.8. The Morgan fingerprint density at radius 2 is 2.04 bits per heavy atom. The van der Waals surface area contributed by atoms with Gasteiger partial charge in [0.2, 0.25) is 0 Å². The number of rotatable bonds is 7. The van der Waals surface area contributed by atoms with Crippen LogP contribution < -0.4 is 5.32 Å². The number of aromatic nitrogens is 4. The maximum atomic E-state index is 12.8. The van der Waals surface area contributed by atoms with Crippen LogP contribution in [0.15, 0.2) is 18.3 Å². The van der Waals surface area contributed by atoms with E-state index < -0.39 is 24.3 Å². The molecule has 0 radical (unpaired) electrons. The zero-order valence-electron chi connectivity index (χ0n) is 13.5. The molecule has 11 heteroatoms. The van der Waals surface area contributed by atoms with E-state index in [1.165, 1.54) is 4.68 Å². The van der Waals surface area contributed by atoms with Crippen molar-refractivity contribution in [3.63, 3.8) is 0 Å². The molecule has 2 heterocycles. The third-order valence-electron chi connectivity index (χ3n) is 3.97. The first-order valence-corrected chi connectivity index (χ1v) is 8.02. The van der Waals surface area contributed by atoms with Gasteiger partial charge in [0, 0.05) is 30.9 Å². The summed E-state index contributed by atoms with van der Waals surface area (Å²) in [5.41, 5.74) is -0.511. The highest BCUT2D eigenvalue weighted by atomic mass is 19.4. The summed E-state index contributed by atoms with van der Waals surface area (Å²) in [7, 11) is 0. The maximum Gasteiger partial charge on any atom is 0.435 e. The highest BCUT2D eigenvalue weighted by molar-refractivity contribution is 5.92. The van der Waals surface area contributed by atoms with E-state index in [1.807, 2.05) is 0 Å². The normalized spacial score (nSPS) is 14.8. The lowest BCUT2D eigenvalue weighted by Crippen LogP contribution is -2.26. The Morgan fingerprint density at radius 3 is 2.62 bits per heavy atom. The molecule has 0 saturated heterocycles. The highest BCUT2D eigenvalue weighted by Crippen LogP contribution is 2.42. The monoisotopic (exact) mass is 377 g/mol. The molecule has 2 aromatic rings. The quantitative estimate of drug-likeness (QED) is 0.595. The van der Waals surface area contributed by atoms with E-state index in [2.05, 4.69) is 15.5 Å². The Kier molecular flexibility index (Phi) is 4.97. The largest absolute Gasteiger partial charge is 0.435 e. The van der Waals surface area contributed by atoms with E-state index in [1.54, 1.807) is 0 Å². The molecule has 0 spiro atoms. The van der Waals surface area contributed by atoms with Crippen LogP contribution in [-0.2, 0) is 12.7 Å². The van der Waals surface area contributed by atoms with Crippen LogP contribution >= 0.6 is 0 Å². The second-order valence-corrected chi connectivity index (χ2v) is 6.02. The molecule has 1 aliphatic carbocycles. The minimum Gasteiger partial charge on any atom is -0.351 e. The van der Waals surface area contributed by atoms with Crippen LogP contribution in [0.4, 0.5) is 22.0 Å². The molecule has 6 nitrogen and oxygen atoms in total. The van der Waals surface area contributed by atoms with E-state index in [0.29, 0.717) is 16.8 Å². The summed E-state index contributed by atoms with van der Waals surface area (Å²) in [6, 6.07) is 2.24. The molecule has 0 unspecified atom stereocenters. The molecule has 0 atom stereocenters. The molecule has 1 fully saturated rings. The number of halogens is 5. The summed E-state index contributed by atoms with van der Waals surface area (Å²) in [5.74, 6) is -0.519. The van der Waals surface area contributed by atoms with Gasteiger partial charge in [0.15, 0.2) is 5.69 Å². The van der Waals surface area contributed by atoms with Crippen molar-refractivity contribution in [1.82, 2.24) is 24.9 Å². The fraction of sp³-hybridized carbons (Fsp3) is 0.533. The van der Waals surface area contributed by atoms with Gasteiger partial charge in [0.25, 0.3) is 5.91 Å². The SMILES string of the molecule is O=C(NCCCn1nc(C(F)(F)F)cc1C1CC1)c1ccn(C(F)F)n1. The van der Waals surface area contributed by atoms with Crippen molar-refractivity contribution in [1.29, 1.82) is 0 Å². The van der Waals surface area contributed by atoms with Crippen LogP contribution in [0.1, 0.15) is 53.6 Å². The van der Waals surface area contributed by atoms with E-state index in [0.717, 1.165) is 31.2 Å². The van der Waals surface area contributed by atoms with Crippen molar-refractivity contribution in [2.75, 3.05) is 6.54 Å². The number of carbonyl (C=O) groups excluding carboxylic acids is 1. The number of aryl methyl sites for hydroxylation is 1. The van der Waals surface area contributed by atoms with Crippen LogP contribution in [0.2, 0.25) is 0 Å². The zero-order chi connectivity index (χ0) is 18.9. The highest BCUT2D eigenvalue weighted by Gasteiger charge is 2.37. The first-order chi connectivity index (χ1) is 12.3. The van der Waals surface area contributed by atoms with Crippen molar-refractivity contribution < 1.29 is 26.7 Å². The zero-order valence-corrected chi connectivity index (χ0v) is 13.5. The van der Waals surface area contributed by atoms with E-state index in [-0.39, 0.29) is 24.7 Å². The Balaban J connectivity index is 1.53. The molecule has 26 heavy (non-hydrogen) atoms. The molecule has 0 aliphatic heterocycles. The summed E-state index contributed by atoms with van der Waals surface area (Å²) < 4.78 is 64.9. The number of hydrogen-bond donors (Lipinski definition) is 1. The molecule has 0 aromatic carbocycles. The Labute approximate surface area is 145 Å². The molecular weight excluding hydrogens is 361 g/mol. The lowest BCUT2D eigenvalue weighted by Gasteiger charge is -2.07. The van der Waals surface area contributed by atoms with Gasteiger partial charge < -0.3 is 5.32 Å². The fourth-order valence-corrected chi connectivity index (χ4v) is 2.55. The van der Waals surface area contributed by atoms with Gasteiger partial charge in [-0.05, 0) is 31.4 Å². The van der Waals surface area contributed by atoms with Crippen molar-refractivity contribution >= 4 is 5.91 Å². The number of nitrogens with zero attached hydrogens (tertiary/aromatic N) is 4. The van der Waals surface area contributed by atoms with Crippen molar-refractivity contribution in [2.24, 2.45) is 0 Å². The lowest BCUT2D eigenvalue weighted by molar-refractivity contribution is -0.141. The molecule has 142 valence electrons. The minimum absolute atomic E-state index is 0.103. The van der Waals surface area contributed by atoms with Crippen LogP contribution in [0.5, 0.6) is 0 Å².